The van der Waals surface area contributed by atoms with Gasteiger partial charge in [0.1, 0.15) is 0 Å². The Morgan fingerprint density at radius 2 is 2.29 bits per heavy atom. The normalized spacial score (nSPS) is 9.71. The van der Waals surface area contributed by atoms with E-state index in [9.17, 15) is 0 Å². The van der Waals surface area contributed by atoms with Crippen LogP contribution in [0, 0.1) is 18.3 Å². The summed E-state index contributed by atoms with van der Waals surface area (Å²) in [6.45, 7) is 1.97. The average molecular weight is 200 g/mol. The highest BCUT2D eigenvalue weighted by molar-refractivity contribution is 7.15. The van der Waals surface area contributed by atoms with Gasteiger partial charge in [-0.05, 0) is 24.6 Å². The molecule has 0 saturated carbocycles. The van der Waals surface area contributed by atoms with Crippen molar-refractivity contribution in [3.8, 4) is 16.5 Å². The maximum absolute atomic E-state index is 8.75. The lowest BCUT2D eigenvalue weighted by Gasteiger charge is -1.95. The van der Waals surface area contributed by atoms with Gasteiger partial charge in [-0.3, -0.25) is 0 Å². The first kappa shape index (κ1) is 8.92. The minimum atomic E-state index is 0.688. The number of aromatic nitrogens is 1. The molecule has 2 aromatic rings. The maximum atomic E-state index is 8.75. The second kappa shape index (κ2) is 3.60. The predicted molar refractivity (Wildman–Crippen MR) is 57.0 cm³/mol. The maximum Gasteiger partial charge on any atom is 0.0991 e. The van der Waals surface area contributed by atoms with Crippen LogP contribution in [0.4, 0.5) is 0 Å². The average Bonchev–Trinajstić information content (AvgIpc) is 2.65. The first-order chi connectivity index (χ1) is 6.79. The summed E-state index contributed by atoms with van der Waals surface area (Å²) in [5.41, 5.74) is 1.75. The SMILES string of the molecule is Cc1ncc(-c2cccc(C#N)c2)s1. The summed E-state index contributed by atoms with van der Waals surface area (Å²) in [7, 11) is 0. The van der Waals surface area contributed by atoms with E-state index in [-0.39, 0.29) is 0 Å². The van der Waals surface area contributed by atoms with Gasteiger partial charge in [-0.1, -0.05) is 12.1 Å². The molecule has 2 rings (SSSR count). The molecule has 1 aromatic heterocycles. The molecular formula is C11H8N2S. The van der Waals surface area contributed by atoms with Gasteiger partial charge in [-0.2, -0.15) is 5.26 Å². The first-order valence-electron chi connectivity index (χ1n) is 4.22. The summed E-state index contributed by atoms with van der Waals surface area (Å²) in [5.74, 6) is 0. The highest BCUT2D eigenvalue weighted by atomic mass is 32.1. The van der Waals surface area contributed by atoms with Crippen molar-refractivity contribution in [1.82, 2.24) is 4.98 Å². The molecule has 14 heavy (non-hydrogen) atoms. The Kier molecular flexibility index (Phi) is 2.30. The van der Waals surface area contributed by atoms with Crippen molar-refractivity contribution in [2.45, 2.75) is 6.92 Å². The van der Waals surface area contributed by atoms with E-state index < -0.39 is 0 Å². The Morgan fingerprint density at radius 3 is 2.93 bits per heavy atom. The third-order valence-corrected chi connectivity index (χ3v) is 2.86. The fraction of sp³-hybridized carbons (Fsp3) is 0.0909. The molecule has 2 nitrogen and oxygen atoms in total. The largest absolute Gasteiger partial charge is 0.249 e. The van der Waals surface area contributed by atoms with Crippen LogP contribution in [-0.2, 0) is 0 Å². The van der Waals surface area contributed by atoms with Crippen LogP contribution in [0.5, 0.6) is 0 Å². The number of hydrogen-bond donors (Lipinski definition) is 0. The van der Waals surface area contributed by atoms with Gasteiger partial charge in [0, 0.05) is 6.20 Å². The molecule has 0 radical (unpaired) electrons. The van der Waals surface area contributed by atoms with Crippen molar-refractivity contribution in [3.63, 3.8) is 0 Å². The van der Waals surface area contributed by atoms with Crippen molar-refractivity contribution in [1.29, 1.82) is 5.26 Å². The molecule has 0 saturated heterocycles. The zero-order valence-electron chi connectivity index (χ0n) is 7.69. The van der Waals surface area contributed by atoms with E-state index in [4.69, 9.17) is 5.26 Å². The topological polar surface area (TPSA) is 36.7 Å². The Morgan fingerprint density at radius 1 is 1.43 bits per heavy atom. The number of nitriles is 1. The number of benzene rings is 1. The minimum absolute atomic E-state index is 0.688. The Hall–Kier alpha value is -1.66. The van der Waals surface area contributed by atoms with Gasteiger partial charge in [0.15, 0.2) is 0 Å². The molecule has 1 heterocycles. The fourth-order valence-corrected chi connectivity index (χ4v) is 2.01. The lowest BCUT2D eigenvalue weighted by molar-refractivity contribution is 1.30. The molecule has 1 aromatic carbocycles. The van der Waals surface area contributed by atoms with Crippen LogP contribution in [-0.4, -0.2) is 4.98 Å². The summed E-state index contributed by atoms with van der Waals surface area (Å²) in [6.07, 6.45) is 1.84. The lowest BCUT2D eigenvalue weighted by Crippen LogP contribution is -1.75. The number of thiazole rings is 1. The van der Waals surface area contributed by atoms with E-state index >= 15 is 0 Å². The quantitative estimate of drug-likeness (QED) is 0.709. The predicted octanol–water partition coefficient (Wildman–Crippen LogP) is 2.99. The number of hydrogen-bond acceptors (Lipinski definition) is 3. The summed E-state index contributed by atoms with van der Waals surface area (Å²) >= 11 is 1.64. The van der Waals surface area contributed by atoms with Crippen LogP contribution in [0.25, 0.3) is 10.4 Å². The molecule has 0 unspecified atom stereocenters. The van der Waals surface area contributed by atoms with Gasteiger partial charge in [-0.25, -0.2) is 4.98 Å². The second-order valence-corrected chi connectivity index (χ2v) is 4.17. The third-order valence-electron chi connectivity index (χ3n) is 1.90. The van der Waals surface area contributed by atoms with E-state index in [2.05, 4.69) is 11.1 Å². The number of rotatable bonds is 1. The molecule has 3 heteroatoms. The Labute approximate surface area is 86.5 Å². The molecule has 0 fully saturated rings. The summed E-state index contributed by atoms with van der Waals surface area (Å²) < 4.78 is 0. The van der Waals surface area contributed by atoms with Crippen LogP contribution < -0.4 is 0 Å². The van der Waals surface area contributed by atoms with E-state index in [0.29, 0.717) is 5.56 Å². The van der Waals surface area contributed by atoms with Crippen molar-refractivity contribution >= 4 is 11.3 Å². The van der Waals surface area contributed by atoms with E-state index in [1.54, 1.807) is 17.4 Å². The van der Waals surface area contributed by atoms with E-state index in [0.717, 1.165) is 15.4 Å². The van der Waals surface area contributed by atoms with E-state index in [1.165, 1.54) is 0 Å². The summed E-state index contributed by atoms with van der Waals surface area (Å²) in [6, 6.07) is 9.70. The fourth-order valence-electron chi connectivity index (χ4n) is 1.24. The molecular weight excluding hydrogens is 192 g/mol. The van der Waals surface area contributed by atoms with E-state index in [1.807, 2.05) is 31.3 Å². The smallest absolute Gasteiger partial charge is 0.0991 e. The zero-order chi connectivity index (χ0) is 9.97. The zero-order valence-corrected chi connectivity index (χ0v) is 8.51. The Bertz CT molecular complexity index is 494. The van der Waals surface area contributed by atoms with Crippen molar-refractivity contribution in [2.24, 2.45) is 0 Å². The number of nitrogens with zero attached hydrogens (tertiary/aromatic N) is 2. The van der Waals surface area contributed by atoms with Crippen LogP contribution >= 0.6 is 11.3 Å². The lowest BCUT2D eigenvalue weighted by atomic mass is 10.1. The molecule has 0 aliphatic carbocycles. The van der Waals surface area contributed by atoms with Crippen LogP contribution in [0.1, 0.15) is 10.6 Å². The van der Waals surface area contributed by atoms with Gasteiger partial charge in [0.05, 0.1) is 21.5 Å². The Balaban J connectivity index is 2.47. The molecule has 0 atom stereocenters. The third kappa shape index (κ3) is 1.66. The van der Waals surface area contributed by atoms with Gasteiger partial charge >= 0.3 is 0 Å². The first-order valence-corrected chi connectivity index (χ1v) is 5.04. The second-order valence-electron chi connectivity index (χ2n) is 2.94. The highest BCUT2D eigenvalue weighted by Gasteiger charge is 2.01. The van der Waals surface area contributed by atoms with Gasteiger partial charge in [0.25, 0.3) is 0 Å². The molecule has 0 amide bonds. The van der Waals surface area contributed by atoms with Crippen LogP contribution in [0.2, 0.25) is 0 Å². The standard InChI is InChI=1S/C11H8N2S/c1-8-13-7-11(14-8)10-4-2-3-9(5-10)6-12/h2-5,7H,1H3. The highest BCUT2D eigenvalue weighted by Crippen LogP contribution is 2.25. The van der Waals surface area contributed by atoms with Crippen LogP contribution in [0.15, 0.2) is 30.5 Å². The van der Waals surface area contributed by atoms with Crippen LogP contribution in [0.3, 0.4) is 0 Å². The van der Waals surface area contributed by atoms with Crippen molar-refractivity contribution in [2.75, 3.05) is 0 Å². The molecule has 0 N–H and O–H groups in total. The molecule has 0 bridgehead atoms. The molecule has 0 aliphatic rings. The summed E-state index contributed by atoms with van der Waals surface area (Å²) in [4.78, 5) is 5.29. The monoisotopic (exact) mass is 200 g/mol. The summed E-state index contributed by atoms with van der Waals surface area (Å²) in [5, 5.41) is 9.80. The van der Waals surface area contributed by atoms with Gasteiger partial charge < -0.3 is 0 Å². The molecule has 0 aliphatic heterocycles. The molecule has 68 valence electrons. The minimum Gasteiger partial charge on any atom is -0.249 e. The van der Waals surface area contributed by atoms with Crippen molar-refractivity contribution < 1.29 is 0 Å². The molecule has 0 spiro atoms. The number of aryl methyl sites for hydroxylation is 1. The van der Waals surface area contributed by atoms with Gasteiger partial charge in [0.2, 0.25) is 0 Å². The van der Waals surface area contributed by atoms with Gasteiger partial charge in [-0.15, -0.1) is 11.3 Å². The van der Waals surface area contributed by atoms with Crippen molar-refractivity contribution in [3.05, 3.63) is 41.0 Å².